The van der Waals surface area contributed by atoms with Gasteiger partial charge in [-0.15, -0.1) is 0 Å². The number of hydrogen-bond acceptors (Lipinski definition) is 6. The SMILES string of the molecule is COc1cc(/C=C/C(=O)OCC(=O)N2CCCC2=O)cc(Cl)c1OCC(C)C. The molecule has 1 aromatic carbocycles. The van der Waals surface area contributed by atoms with Crippen molar-refractivity contribution in [1.82, 2.24) is 4.90 Å². The quantitative estimate of drug-likeness (QED) is 0.484. The fourth-order valence-corrected chi connectivity index (χ4v) is 2.83. The lowest BCUT2D eigenvalue weighted by molar-refractivity contribution is -0.151. The Balaban J connectivity index is 1.96. The largest absolute Gasteiger partial charge is 0.493 e. The van der Waals surface area contributed by atoms with Crippen molar-refractivity contribution in [3.8, 4) is 11.5 Å². The summed E-state index contributed by atoms with van der Waals surface area (Å²) in [4.78, 5) is 36.3. The van der Waals surface area contributed by atoms with Crippen LogP contribution in [0.3, 0.4) is 0 Å². The summed E-state index contributed by atoms with van der Waals surface area (Å²) in [6, 6.07) is 3.32. The van der Waals surface area contributed by atoms with Gasteiger partial charge in [-0.3, -0.25) is 14.5 Å². The number of carbonyl (C=O) groups excluding carboxylic acids is 3. The van der Waals surface area contributed by atoms with Crippen molar-refractivity contribution in [3.05, 3.63) is 28.8 Å². The molecule has 0 atom stereocenters. The van der Waals surface area contributed by atoms with Crippen LogP contribution < -0.4 is 9.47 Å². The van der Waals surface area contributed by atoms with Crippen molar-refractivity contribution in [2.24, 2.45) is 5.92 Å². The zero-order chi connectivity index (χ0) is 20.7. The van der Waals surface area contributed by atoms with E-state index < -0.39 is 18.5 Å². The van der Waals surface area contributed by atoms with Crippen molar-refractivity contribution in [1.29, 1.82) is 0 Å². The van der Waals surface area contributed by atoms with Gasteiger partial charge in [0.25, 0.3) is 5.91 Å². The van der Waals surface area contributed by atoms with E-state index in [0.29, 0.717) is 54.0 Å². The Morgan fingerprint density at radius 1 is 1.32 bits per heavy atom. The second-order valence-electron chi connectivity index (χ2n) is 6.72. The van der Waals surface area contributed by atoms with Crippen molar-refractivity contribution >= 4 is 35.5 Å². The first-order valence-electron chi connectivity index (χ1n) is 9.00. The lowest BCUT2D eigenvalue weighted by atomic mass is 10.2. The van der Waals surface area contributed by atoms with E-state index in [9.17, 15) is 14.4 Å². The number of methoxy groups -OCH3 is 1. The van der Waals surface area contributed by atoms with Crippen LogP contribution in [-0.4, -0.2) is 49.6 Å². The minimum atomic E-state index is -0.699. The van der Waals surface area contributed by atoms with Crippen LogP contribution in [0.4, 0.5) is 0 Å². The molecule has 1 fully saturated rings. The molecule has 28 heavy (non-hydrogen) atoms. The third-order valence-electron chi connectivity index (χ3n) is 3.94. The molecular formula is C20H24ClNO6. The van der Waals surface area contributed by atoms with Gasteiger partial charge in [0.15, 0.2) is 18.1 Å². The predicted molar refractivity (Wildman–Crippen MR) is 104 cm³/mol. The Kier molecular flexibility index (Phi) is 7.87. The van der Waals surface area contributed by atoms with Gasteiger partial charge >= 0.3 is 5.97 Å². The highest BCUT2D eigenvalue weighted by molar-refractivity contribution is 6.32. The van der Waals surface area contributed by atoms with Gasteiger partial charge in [-0.05, 0) is 36.1 Å². The number of imide groups is 1. The second-order valence-corrected chi connectivity index (χ2v) is 7.13. The molecule has 0 spiro atoms. The van der Waals surface area contributed by atoms with Crippen LogP contribution in [0.2, 0.25) is 5.02 Å². The summed E-state index contributed by atoms with van der Waals surface area (Å²) in [5.74, 6) is -0.231. The number of benzene rings is 1. The zero-order valence-corrected chi connectivity index (χ0v) is 17.0. The summed E-state index contributed by atoms with van der Waals surface area (Å²) >= 11 is 6.26. The van der Waals surface area contributed by atoms with E-state index in [1.54, 1.807) is 12.1 Å². The minimum Gasteiger partial charge on any atom is -0.493 e. The summed E-state index contributed by atoms with van der Waals surface area (Å²) in [6.45, 7) is 4.43. The van der Waals surface area contributed by atoms with Crippen LogP contribution in [0.25, 0.3) is 6.08 Å². The fraction of sp³-hybridized carbons (Fsp3) is 0.450. The molecule has 2 rings (SSSR count). The molecule has 2 amide bonds. The fourth-order valence-electron chi connectivity index (χ4n) is 2.56. The van der Waals surface area contributed by atoms with Gasteiger partial charge in [-0.2, -0.15) is 0 Å². The number of hydrogen-bond donors (Lipinski definition) is 0. The number of rotatable bonds is 8. The van der Waals surface area contributed by atoms with E-state index in [-0.39, 0.29) is 5.91 Å². The van der Waals surface area contributed by atoms with Gasteiger partial charge in [0.2, 0.25) is 5.91 Å². The molecule has 0 radical (unpaired) electrons. The molecule has 8 heteroatoms. The van der Waals surface area contributed by atoms with Crippen LogP contribution in [0, 0.1) is 5.92 Å². The topological polar surface area (TPSA) is 82.1 Å². The van der Waals surface area contributed by atoms with Gasteiger partial charge < -0.3 is 14.2 Å². The Labute approximate surface area is 169 Å². The number of esters is 1. The van der Waals surface area contributed by atoms with Crippen molar-refractivity contribution < 1.29 is 28.6 Å². The molecule has 0 aliphatic carbocycles. The van der Waals surface area contributed by atoms with Crippen molar-refractivity contribution in [3.63, 3.8) is 0 Å². The molecule has 0 unspecified atom stereocenters. The number of nitrogens with zero attached hydrogens (tertiary/aromatic N) is 1. The smallest absolute Gasteiger partial charge is 0.331 e. The lowest BCUT2D eigenvalue weighted by Gasteiger charge is -2.14. The molecule has 1 saturated heterocycles. The van der Waals surface area contributed by atoms with Crippen LogP contribution >= 0.6 is 11.6 Å². The third kappa shape index (κ3) is 5.99. The summed E-state index contributed by atoms with van der Waals surface area (Å²) in [5, 5.41) is 0.357. The highest BCUT2D eigenvalue weighted by Gasteiger charge is 2.26. The second kappa shape index (κ2) is 10.1. The number of carbonyl (C=O) groups is 3. The standard InChI is InChI=1S/C20H24ClNO6/c1-13(2)11-28-20-15(21)9-14(10-16(20)26-3)6-7-19(25)27-12-18(24)22-8-4-5-17(22)23/h6-7,9-10,13H,4-5,8,11-12H2,1-3H3/b7-6+. The molecule has 0 N–H and O–H groups in total. The average Bonchev–Trinajstić information content (AvgIpc) is 3.08. The molecule has 1 aliphatic heterocycles. The van der Waals surface area contributed by atoms with E-state index in [0.717, 1.165) is 4.90 Å². The Morgan fingerprint density at radius 2 is 2.07 bits per heavy atom. The first kappa shape index (κ1) is 21.8. The summed E-state index contributed by atoms with van der Waals surface area (Å²) in [7, 11) is 1.50. The highest BCUT2D eigenvalue weighted by Crippen LogP contribution is 2.37. The van der Waals surface area contributed by atoms with Crippen LogP contribution in [-0.2, 0) is 19.1 Å². The average molecular weight is 410 g/mol. The van der Waals surface area contributed by atoms with Gasteiger partial charge in [-0.25, -0.2) is 4.79 Å². The lowest BCUT2D eigenvalue weighted by Crippen LogP contribution is -2.35. The third-order valence-corrected chi connectivity index (χ3v) is 4.22. The predicted octanol–water partition coefficient (Wildman–Crippen LogP) is 3.09. The molecule has 1 aromatic rings. The first-order valence-corrected chi connectivity index (χ1v) is 9.38. The zero-order valence-electron chi connectivity index (χ0n) is 16.2. The van der Waals surface area contributed by atoms with E-state index >= 15 is 0 Å². The monoisotopic (exact) mass is 409 g/mol. The summed E-state index contributed by atoms with van der Waals surface area (Å²) in [6.07, 6.45) is 3.66. The molecule has 152 valence electrons. The Morgan fingerprint density at radius 3 is 2.68 bits per heavy atom. The van der Waals surface area contributed by atoms with E-state index in [2.05, 4.69) is 0 Å². The molecular weight excluding hydrogens is 386 g/mol. The maximum Gasteiger partial charge on any atom is 0.331 e. The van der Waals surface area contributed by atoms with Crippen LogP contribution in [0.5, 0.6) is 11.5 Å². The molecule has 7 nitrogen and oxygen atoms in total. The van der Waals surface area contributed by atoms with Crippen LogP contribution in [0.15, 0.2) is 18.2 Å². The molecule has 1 heterocycles. The van der Waals surface area contributed by atoms with Gasteiger partial charge in [0.1, 0.15) is 0 Å². The van der Waals surface area contributed by atoms with Gasteiger partial charge in [0, 0.05) is 19.0 Å². The van der Waals surface area contributed by atoms with Crippen molar-refractivity contribution in [2.75, 3.05) is 26.9 Å². The van der Waals surface area contributed by atoms with E-state index in [1.807, 2.05) is 13.8 Å². The molecule has 0 bridgehead atoms. The van der Waals surface area contributed by atoms with E-state index in [4.69, 9.17) is 25.8 Å². The molecule has 0 aromatic heterocycles. The van der Waals surface area contributed by atoms with E-state index in [1.165, 1.54) is 19.3 Å². The number of halogens is 1. The van der Waals surface area contributed by atoms with Gasteiger partial charge in [0.05, 0.1) is 18.7 Å². The normalized spacial score (nSPS) is 14.0. The van der Waals surface area contributed by atoms with Gasteiger partial charge in [-0.1, -0.05) is 25.4 Å². The van der Waals surface area contributed by atoms with Crippen molar-refractivity contribution in [2.45, 2.75) is 26.7 Å². The number of ether oxygens (including phenoxy) is 3. The summed E-state index contributed by atoms with van der Waals surface area (Å²) in [5.41, 5.74) is 0.608. The Bertz CT molecular complexity index is 774. The maximum atomic E-state index is 11.9. The number of amides is 2. The Hall–Kier alpha value is -2.54. The maximum absolute atomic E-state index is 11.9. The minimum absolute atomic E-state index is 0.238. The highest BCUT2D eigenvalue weighted by atomic mass is 35.5. The first-order chi connectivity index (χ1) is 13.3. The number of likely N-dealkylation sites (tertiary alicyclic amines) is 1. The molecule has 0 saturated carbocycles. The summed E-state index contributed by atoms with van der Waals surface area (Å²) < 4.78 is 15.9. The molecule has 1 aliphatic rings. The van der Waals surface area contributed by atoms with Crippen LogP contribution in [0.1, 0.15) is 32.3 Å².